The van der Waals surface area contributed by atoms with Crippen molar-refractivity contribution < 1.29 is 9.47 Å². The number of hydrogen-bond acceptors (Lipinski definition) is 4. The molecule has 1 fully saturated rings. The SMILES string of the molecule is CC1COC(CN)CN1CCCOc1ccccc1. The van der Waals surface area contributed by atoms with Crippen LogP contribution in [0.15, 0.2) is 30.3 Å². The molecule has 1 aliphatic heterocycles. The number of nitrogens with two attached hydrogens (primary N) is 1. The van der Waals surface area contributed by atoms with Crippen LogP contribution in [-0.2, 0) is 4.74 Å². The van der Waals surface area contributed by atoms with E-state index in [0.29, 0.717) is 12.6 Å². The van der Waals surface area contributed by atoms with Crippen LogP contribution in [0.4, 0.5) is 0 Å². The minimum atomic E-state index is 0.186. The molecule has 0 radical (unpaired) electrons. The zero-order chi connectivity index (χ0) is 13.5. The summed E-state index contributed by atoms with van der Waals surface area (Å²) in [5, 5.41) is 0. The summed E-state index contributed by atoms with van der Waals surface area (Å²) in [7, 11) is 0. The van der Waals surface area contributed by atoms with E-state index in [1.807, 2.05) is 30.3 Å². The van der Waals surface area contributed by atoms with Gasteiger partial charge < -0.3 is 15.2 Å². The second-order valence-corrected chi connectivity index (χ2v) is 5.05. The van der Waals surface area contributed by atoms with E-state index in [0.717, 1.165) is 38.5 Å². The molecular formula is C15H24N2O2. The highest BCUT2D eigenvalue weighted by Crippen LogP contribution is 2.12. The second kappa shape index (κ2) is 7.48. The Kier molecular flexibility index (Phi) is 5.63. The lowest BCUT2D eigenvalue weighted by molar-refractivity contribution is -0.0543. The van der Waals surface area contributed by atoms with Gasteiger partial charge in [0.05, 0.1) is 19.3 Å². The molecule has 1 heterocycles. The fourth-order valence-electron chi connectivity index (χ4n) is 2.30. The molecule has 1 aliphatic rings. The number of para-hydroxylation sites is 1. The second-order valence-electron chi connectivity index (χ2n) is 5.05. The van der Waals surface area contributed by atoms with Crippen LogP contribution < -0.4 is 10.5 Å². The molecule has 0 bridgehead atoms. The maximum absolute atomic E-state index is 5.70. The average molecular weight is 264 g/mol. The molecule has 19 heavy (non-hydrogen) atoms. The standard InChI is InChI=1S/C15H24N2O2/c1-13-12-19-15(10-16)11-17(13)8-5-9-18-14-6-3-2-4-7-14/h2-4,6-7,13,15H,5,8-12,16H2,1H3. The van der Waals surface area contributed by atoms with Gasteiger partial charge in [-0.2, -0.15) is 0 Å². The molecule has 2 N–H and O–H groups in total. The van der Waals surface area contributed by atoms with Crippen molar-refractivity contribution >= 4 is 0 Å². The van der Waals surface area contributed by atoms with Gasteiger partial charge in [0.15, 0.2) is 0 Å². The average Bonchev–Trinajstić information content (AvgIpc) is 2.46. The van der Waals surface area contributed by atoms with Crippen molar-refractivity contribution in [2.24, 2.45) is 5.73 Å². The van der Waals surface area contributed by atoms with Gasteiger partial charge in [-0.25, -0.2) is 0 Å². The van der Waals surface area contributed by atoms with E-state index in [4.69, 9.17) is 15.2 Å². The maximum Gasteiger partial charge on any atom is 0.119 e. The van der Waals surface area contributed by atoms with Crippen molar-refractivity contribution in [2.75, 3.05) is 32.8 Å². The Morgan fingerprint density at radius 1 is 1.37 bits per heavy atom. The van der Waals surface area contributed by atoms with E-state index in [1.54, 1.807) is 0 Å². The molecule has 1 saturated heterocycles. The van der Waals surface area contributed by atoms with Gasteiger partial charge in [-0.15, -0.1) is 0 Å². The van der Waals surface area contributed by atoms with Crippen LogP contribution in [0.5, 0.6) is 5.75 Å². The molecule has 4 heteroatoms. The van der Waals surface area contributed by atoms with Crippen molar-refractivity contribution in [3.63, 3.8) is 0 Å². The van der Waals surface area contributed by atoms with Gasteiger partial charge >= 0.3 is 0 Å². The van der Waals surface area contributed by atoms with E-state index in [2.05, 4.69) is 11.8 Å². The topological polar surface area (TPSA) is 47.7 Å². The van der Waals surface area contributed by atoms with Gasteiger partial charge in [0, 0.05) is 25.7 Å². The van der Waals surface area contributed by atoms with E-state index >= 15 is 0 Å². The Balaban J connectivity index is 1.67. The van der Waals surface area contributed by atoms with Crippen LogP contribution in [0.2, 0.25) is 0 Å². The third-order valence-electron chi connectivity index (χ3n) is 3.50. The lowest BCUT2D eigenvalue weighted by atomic mass is 10.2. The zero-order valence-electron chi connectivity index (χ0n) is 11.6. The molecule has 106 valence electrons. The first kappa shape index (κ1) is 14.3. The summed E-state index contributed by atoms with van der Waals surface area (Å²) in [5.41, 5.74) is 5.67. The molecule has 1 aromatic rings. The minimum absolute atomic E-state index is 0.186. The molecule has 2 unspecified atom stereocenters. The van der Waals surface area contributed by atoms with Crippen molar-refractivity contribution in [1.82, 2.24) is 4.90 Å². The fourth-order valence-corrected chi connectivity index (χ4v) is 2.30. The summed E-state index contributed by atoms with van der Waals surface area (Å²) in [5.74, 6) is 0.942. The van der Waals surface area contributed by atoms with Gasteiger partial charge in [-0.1, -0.05) is 18.2 Å². The molecular weight excluding hydrogens is 240 g/mol. The van der Waals surface area contributed by atoms with Crippen molar-refractivity contribution in [3.8, 4) is 5.75 Å². The molecule has 4 nitrogen and oxygen atoms in total. The van der Waals surface area contributed by atoms with E-state index in [-0.39, 0.29) is 6.10 Å². The summed E-state index contributed by atoms with van der Waals surface area (Å²) in [6.45, 7) is 6.30. The van der Waals surface area contributed by atoms with Crippen LogP contribution >= 0.6 is 0 Å². The van der Waals surface area contributed by atoms with Gasteiger partial charge in [0.1, 0.15) is 5.75 Å². The van der Waals surface area contributed by atoms with Crippen LogP contribution in [0.3, 0.4) is 0 Å². The lowest BCUT2D eigenvalue weighted by Crippen LogP contribution is -2.50. The van der Waals surface area contributed by atoms with Gasteiger partial charge in [0.2, 0.25) is 0 Å². The van der Waals surface area contributed by atoms with E-state index in [1.165, 1.54) is 0 Å². The summed E-state index contributed by atoms with van der Waals surface area (Å²) in [6.07, 6.45) is 1.21. The fraction of sp³-hybridized carbons (Fsp3) is 0.600. The lowest BCUT2D eigenvalue weighted by Gasteiger charge is -2.37. The number of nitrogens with zero attached hydrogens (tertiary/aromatic N) is 1. The van der Waals surface area contributed by atoms with Crippen molar-refractivity contribution in [1.29, 1.82) is 0 Å². The van der Waals surface area contributed by atoms with Crippen LogP contribution in [0.25, 0.3) is 0 Å². The number of benzene rings is 1. The summed E-state index contributed by atoms with van der Waals surface area (Å²) in [6, 6.07) is 10.4. The number of rotatable bonds is 6. The number of hydrogen-bond donors (Lipinski definition) is 1. The Bertz CT molecular complexity index is 358. The zero-order valence-corrected chi connectivity index (χ0v) is 11.6. The Morgan fingerprint density at radius 2 is 2.16 bits per heavy atom. The predicted octanol–water partition coefficient (Wildman–Crippen LogP) is 1.50. The van der Waals surface area contributed by atoms with E-state index in [9.17, 15) is 0 Å². The molecule has 0 aliphatic carbocycles. The van der Waals surface area contributed by atoms with Crippen molar-refractivity contribution in [3.05, 3.63) is 30.3 Å². The monoisotopic (exact) mass is 264 g/mol. The maximum atomic E-state index is 5.70. The summed E-state index contributed by atoms with van der Waals surface area (Å²) in [4.78, 5) is 2.44. The third-order valence-corrected chi connectivity index (χ3v) is 3.50. The molecule has 2 atom stereocenters. The Morgan fingerprint density at radius 3 is 2.89 bits per heavy atom. The molecule has 0 aromatic heterocycles. The van der Waals surface area contributed by atoms with Gasteiger partial charge in [0.25, 0.3) is 0 Å². The van der Waals surface area contributed by atoms with Crippen molar-refractivity contribution in [2.45, 2.75) is 25.5 Å². The highest BCUT2D eigenvalue weighted by Gasteiger charge is 2.24. The van der Waals surface area contributed by atoms with Gasteiger partial charge in [-0.05, 0) is 25.5 Å². The van der Waals surface area contributed by atoms with Crippen LogP contribution in [-0.4, -0.2) is 49.9 Å². The normalized spacial score (nSPS) is 24.3. The first-order valence-corrected chi connectivity index (χ1v) is 7.03. The highest BCUT2D eigenvalue weighted by molar-refractivity contribution is 5.20. The summed E-state index contributed by atoms with van der Waals surface area (Å²) < 4.78 is 11.4. The molecule has 1 aromatic carbocycles. The first-order valence-electron chi connectivity index (χ1n) is 7.03. The number of ether oxygens (including phenoxy) is 2. The van der Waals surface area contributed by atoms with Crippen LogP contribution in [0.1, 0.15) is 13.3 Å². The summed E-state index contributed by atoms with van der Waals surface area (Å²) >= 11 is 0. The van der Waals surface area contributed by atoms with Gasteiger partial charge in [-0.3, -0.25) is 4.90 Å². The van der Waals surface area contributed by atoms with E-state index < -0.39 is 0 Å². The van der Waals surface area contributed by atoms with Crippen LogP contribution in [0, 0.1) is 0 Å². The third kappa shape index (κ3) is 4.49. The minimum Gasteiger partial charge on any atom is -0.494 e. The largest absolute Gasteiger partial charge is 0.494 e. The highest BCUT2D eigenvalue weighted by atomic mass is 16.5. The quantitative estimate of drug-likeness (QED) is 0.791. The number of morpholine rings is 1. The molecule has 0 amide bonds. The molecule has 0 saturated carbocycles. The Labute approximate surface area is 115 Å². The smallest absolute Gasteiger partial charge is 0.119 e. The molecule has 0 spiro atoms. The Hall–Kier alpha value is -1.10. The first-order chi connectivity index (χ1) is 9.29. The molecule has 2 rings (SSSR count). The predicted molar refractivity (Wildman–Crippen MR) is 76.4 cm³/mol.